The molecule has 0 radical (unpaired) electrons. The highest BCUT2D eigenvalue weighted by Crippen LogP contribution is 2.11. The lowest BCUT2D eigenvalue weighted by Crippen LogP contribution is -2.18. The van der Waals surface area contributed by atoms with Gasteiger partial charge in [-0.1, -0.05) is 38.0 Å². The average Bonchev–Trinajstić information content (AvgIpc) is 2.11. The van der Waals surface area contributed by atoms with Gasteiger partial charge in [-0.3, -0.25) is 0 Å². The Morgan fingerprint density at radius 2 is 2.00 bits per heavy atom. The van der Waals surface area contributed by atoms with Crippen LogP contribution in [0.25, 0.3) is 0 Å². The maximum atomic E-state index is 9.56. The van der Waals surface area contributed by atoms with E-state index in [0.29, 0.717) is 6.42 Å². The van der Waals surface area contributed by atoms with Gasteiger partial charge >= 0.3 is 0 Å². The molecule has 1 heteroatoms. The molecule has 0 aromatic heterocycles. The van der Waals surface area contributed by atoms with E-state index in [-0.39, 0.29) is 0 Å². The van der Waals surface area contributed by atoms with Crippen molar-refractivity contribution in [2.45, 2.75) is 51.6 Å². The molecule has 0 aliphatic carbocycles. The molecular formula is C12H22O. The molecule has 1 N–H and O–H groups in total. The van der Waals surface area contributed by atoms with Gasteiger partial charge < -0.3 is 5.11 Å². The van der Waals surface area contributed by atoms with Crippen LogP contribution in [-0.4, -0.2) is 10.7 Å². The molecule has 0 fully saturated rings. The molecule has 0 aromatic rings. The van der Waals surface area contributed by atoms with Gasteiger partial charge in [-0.2, -0.15) is 0 Å². The first-order valence-electron chi connectivity index (χ1n) is 5.13. The molecule has 0 aliphatic rings. The molecule has 0 heterocycles. The minimum atomic E-state index is -0.735. The molecule has 0 spiro atoms. The maximum Gasteiger partial charge on any atom is 0.0831 e. The van der Waals surface area contributed by atoms with Gasteiger partial charge in [-0.05, 0) is 26.2 Å². The Hall–Kier alpha value is -0.560. The van der Waals surface area contributed by atoms with Crippen molar-refractivity contribution in [3.63, 3.8) is 0 Å². The largest absolute Gasteiger partial charge is 0.386 e. The summed E-state index contributed by atoms with van der Waals surface area (Å²) in [6.45, 7) is 7.55. The summed E-state index contributed by atoms with van der Waals surface area (Å²) < 4.78 is 0. The van der Waals surface area contributed by atoms with Crippen LogP contribution in [0, 0.1) is 0 Å². The Morgan fingerprint density at radius 1 is 1.31 bits per heavy atom. The van der Waals surface area contributed by atoms with E-state index < -0.39 is 5.60 Å². The molecule has 13 heavy (non-hydrogen) atoms. The number of allylic oxidation sites excluding steroid dienone is 1. The van der Waals surface area contributed by atoms with E-state index in [4.69, 9.17) is 0 Å². The highest BCUT2D eigenvalue weighted by Gasteiger charge is 2.11. The summed E-state index contributed by atoms with van der Waals surface area (Å²) in [5, 5.41) is 9.56. The second-order valence-electron chi connectivity index (χ2n) is 3.73. The van der Waals surface area contributed by atoms with Gasteiger partial charge in [0.05, 0.1) is 5.60 Å². The normalized spacial score (nSPS) is 15.9. The molecule has 0 bridgehead atoms. The molecule has 0 rings (SSSR count). The van der Waals surface area contributed by atoms with E-state index in [2.05, 4.69) is 19.6 Å². The molecule has 0 saturated carbocycles. The smallest absolute Gasteiger partial charge is 0.0831 e. The van der Waals surface area contributed by atoms with Gasteiger partial charge in [0.15, 0.2) is 0 Å². The summed E-state index contributed by atoms with van der Waals surface area (Å²) in [4.78, 5) is 0. The highest BCUT2D eigenvalue weighted by molar-refractivity contribution is 4.98. The third kappa shape index (κ3) is 7.79. The standard InChI is InChI=1S/C12H22O/c1-4-6-7-8-9-10-11-12(3,13)5-2/h5,9-10,13H,2,4,6-8,11H2,1,3H3. The van der Waals surface area contributed by atoms with E-state index in [1.807, 2.05) is 6.08 Å². The molecule has 1 atom stereocenters. The number of aliphatic hydroxyl groups is 1. The minimum Gasteiger partial charge on any atom is -0.386 e. The fourth-order valence-electron chi connectivity index (χ4n) is 1.04. The van der Waals surface area contributed by atoms with E-state index in [1.165, 1.54) is 19.3 Å². The van der Waals surface area contributed by atoms with Crippen molar-refractivity contribution in [2.24, 2.45) is 0 Å². The zero-order chi connectivity index (χ0) is 10.2. The molecule has 0 saturated heterocycles. The van der Waals surface area contributed by atoms with Crippen LogP contribution < -0.4 is 0 Å². The molecule has 1 nitrogen and oxygen atoms in total. The monoisotopic (exact) mass is 182 g/mol. The third-order valence-electron chi connectivity index (χ3n) is 2.11. The number of rotatable bonds is 7. The zero-order valence-electron chi connectivity index (χ0n) is 8.92. The summed E-state index contributed by atoms with van der Waals surface area (Å²) in [5.41, 5.74) is -0.735. The quantitative estimate of drug-likeness (QED) is 0.472. The highest BCUT2D eigenvalue weighted by atomic mass is 16.3. The SMILES string of the molecule is C=CC(C)(O)CC=CCCCCC. The van der Waals surface area contributed by atoms with Crippen molar-refractivity contribution in [1.29, 1.82) is 0 Å². The number of hydrogen-bond donors (Lipinski definition) is 1. The molecule has 0 aliphatic heterocycles. The van der Waals surface area contributed by atoms with E-state index >= 15 is 0 Å². The average molecular weight is 182 g/mol. The number of hydrogen-bond acceptors (Lipinski definition) is 1. The number of unbranched alkanes of at least 4 members (excludes halogenated alkanes) is 3. The van der Waals surface area contributed by atoms with Crippen LogP contribution in [0.15, 0.2) is 24.8 Å². The van der Waals surface area contributed by atoms with Crippen molar-refractivity contribution in [3.05, 3.63) is 24.8 Å². The first-order chi connectivity index (χ1) is 6.12. The molecular weight excluding hydrogens is 160 g/mol. The topological polar surface area (TPSA) is 20.2 Å². The lowest BCUT2D eigenvalue weighted by molar-refractivity contribution is 0.115. The maximum absolute atomic E-state index is 9.56. The Kier molecular flexibility index (Phi) is 6.61. The second-order valence-corrected chi connectivity index (χ2v) is 3.73. The summed E-state index contributed by atoms with van der Waals surface area (Å²) >= 11 is 0. The predicted molar refractivity (Wildman–Crippen MR) is 58.7 cm³/mol. The fourth-order valence-corrected chi connectivity index (χ4v) is 1.04. The van der Waals surface area contributed by atoms with E-state index in [1.54, 1.807) is 13.0 Å². The first-order valence-corrected chi connectivity index (χ1v) is 5.13. The summed E-state index contributed by atoms with van der Waals surface area (Å²) in [6, 6.07) is 0. The van der Waals surface area contributed by atoms with Crippen molar-refractivity contribution in [3.8, 4) is 0 Å². The van der Waals surface area contributed by atoms with Crippen LogP contribution in [0.1, 0.15) is 46.0 Å². The molecule has 76 valence electrons. The Bertz CT molecular complexity index is 157. The first kappa shape index (κ1) is 12.4. The van der Waals surface area contributed by atoms with Gasteiger partial charge in [-0.15, -0.1) is 6.58 Å². The summed E-state index contributed by atoms with van der Waals surface area (Å²) in [7, 11) is 0. The zero-order valence-corrected chi connectivity index (χ0v) is 8.92. The molecule has 0 aromatic carbocycles. The van der Waals surface area contributed by atoms with Crippen LogP contribution in [0.5, 0.6) is 0 Å². The van der Waals surface area contributed by atoms with Crippen LogP contribution >= 0.6 is 0 Å². The predicted octanol–water partition coefficient (Wildman–Crippen LogP) is 3.45. The van der Waals surface area contributed by atoms with E-state index in [0.717, 1.165) is 6.42 Å². The van der Waals surface area contributed by atoms with Crippen molar-refractivity contribution in [2.75, 3.05) is 0 Å². The van der Waals surface area contributed by atoms with Gasteiger partial charge in [0.2, 0.25) is 0 Å². The van der Waals surface area contributed by atoms with Crippen LogP contribution in [-0.2, 0) is 0 Å². The third-order valence-corrected chi connectivity index (χ3v) is 2.11. The van der Waals surface area contributed by atoms with Crippen LogP contribution in [0.3, 0.4) is 0 Å². The summed E-state index contributed by atoms with van der Waals surface area (Å²) in [6.07, 6.45) is 11.4. The summed E-state index contributed by atoms with van der Waals surface area (Å²) in [5.74, 6) is 0. The van der Waals surface area contributed by atoms with Gasteiger partial charge in [-0.25, -0.2) is 0 Å². The Labute approximate surface area is 82.2 Å². The fraction of sp³-hybridized carbons (Fsp3) is 0.667. The second kappa shape index (κ2) is 6.90. The van der Waals surface area contributed by atoms with Gasteiger partial charge in [0.1, 0.15) is 0 Å². The lowest BCUT2D eigenvalue weighted by atomic mass is 10.0. The lowest BCUT2D eigenvalue weighted by Gasteiger charge is -2.14. The molecule has 0 amide bonds. The van der Waals surface area contributed by atoms with E-state index in [9.17, 15) is 5.11 Å². The van der Waals surface area contributed by atoms with Crippen LogP contribution in [0.4, 0.5) is 0 Å². The van der Waals surface area contributed by atoms with Gasteiger partial charge in [0.25, 0.3) is 0 Å². The van der Waals surface area contributed by atoms with Gasteiger partial charge in [0, 0.05) is 0 Å². The van der Waals surface area contributed by atoms with Crippen molar-refractivity contribution in [1.82, 2.24) is 0 Å². The van der Waals surface area contributed by atoms with Crippen molar-refractivity contribution >= 4 is 0 Å². The van der Waals surface area contributed by atoms with Crippen molar-refractivity contribution < 1.29 is 5.11 Å². The minimum absolute atomic E-state index is 0.669. The Balaban J connectivity index is 3.46. The van der Waals surface area contributed by atoms with Crippen LogP contribution in [0.2, 0.25) is 0 Å². The molecule has 1 unspecified atom stereocenters. The Morgan fingerprint density at radius 3 is 2.54 bits per heavy atom.